The highest BCUT2D eigenvalue weighted by molar-refractivity contribution is 7.15. The first kappa shape index (κ1) is 13.9. The molecule has 0 spiro atoms. The fourth-order valence-electron chi connectivity index (χ4n) is 2.33. The number of esters is 1. The highest BCUT2D eigenvalue weighted by atomic mass is 32.1. The van der Waals surface area contributed by atoms with E-state index >= 15 is 0 Å². The first-order chi connectivity index (χ1) is 10.1. The van der Waals surface area contributed by atoms with Crippen LogP contribution in [0, 0.1) is 13.8 Å². The summed E-state index contributed by atoms with van der Waals surface area (Å²) in [5.74, 6) is 1.50. The van der Waals surface area contributed by atoms with Crippen molar-refractivity contribution in [2.45, 2.75) is 27.2 Å². The maximum Gasteiger partial charge on any atom is 0.311 e. The standard InChI is InChI=1S/C15H16N2O3S/c1-4-19-14(18)6-11-8-21-15-16-13(7-17(11)15)12-5-9(2)20-10(12)3/h5,7-8H,4,6H2,1-3H3. The number of imidazole rings is 1. The van der Waals surface area contributed by atoms with Crippen LogP contribution < -0.4 is 0 Å². The first-order valence-electron chi connectivity index (χ1n) is 6.77. The maximum absolute atomic E-state index is 11.6. The molecule has 0 saturated heterocycles. The quantitative estimate of drug-likeness (QED) is 0.693. The molecule has 0 unspecified atom stereocenters. The van der Waals surface area contributed by atoms with Gasteiger partial charge in [-0.3, -0.25) is 9.20 Å². The van der Waals surface area contributed by atoms with Gasteiger partial charge in [0.05, 0.1) is 18.7 Å². The Morgan fingerprint density at radius 3 is 2.95 bits per heavy atom. The van der Waals surface area contributed by atoms with Crippen LogP contribution in [0.1, 0.15) is 24.1 Å². The average molecular weight is 304 g/mol. The summed E-state index contributed by atoms with van der Waals surface area (Å²) in [5.41, 5.74) is 2.75. The Bertz CT molecular complexity index is 797. The highest BCUT2D eigenvalue weighted by Gasteiger charge is 2.15. The lowest BCUT2D eigenvalue weighted by Crippen LogP contribution is -2.08. The highest BCUT2D eigenvalue weighted by Crippen LogP contribution is 2.28. The van der Waals surface area contributed by atoms with E-state index in [1.165, 1.54) is 11.3 Å². The zero-order valence-corrected chi connectivity index (χ0v) is 13.0. The summed E-state index contributed by atoms with van der Waals surface area (Å²) in [6.45, 7) is 6.05. The van der Waals surface area contributed by atoms with Gasteiger partial charge in [-0.15, -0.1) is 11.3 Å². The molecule has 0 fully saturated rings. The third-order valence-corrected chi connectivity index (χ3v) is 4.12. The molecule has 0 saturated carbocycles. The van der Waals surface area contributed by atoms with Gasteiger partial charge in [-0.05, 0) is 26.8 Å². The van der Waals surface area contributed by atoms with Crippen LogP contribution in [0.2, 0.25) is 0 Å². The SMILES string of the molecule is CCOC(=O)Cc1csc2nc(-c3cc(C)oc3C)cn12. The van der Waals surface area contributed by atoms with Gasteiger partial charge in [0.25, 0.3) is 0 Å². The lowest BCUT2D eigenvalue weighted by molar-refractivity contribution is -0.142. The lowest BCUT2D eigenvalue weighted by Gasteiger charge is -2.00. The molecule has 0 atom stereocenters. The van der Waals surface area contributed by atoms with Crippen LogP contribution >= 0.6 is 11.3 Å². The molecule has 21 heavy (non-hydrogen) atoms. The molecule has 0 N–H and O–H groups in total. The molecule has 0 aromatic carbocycles. The van der Waals surface area contributed by atoms with Gasteiger partial charge in [-0.25, -0.2) is 4.98 Å². The number of carbonyl (C=O) groups excluding carboxylic acids is 1. The van der Waals surface area contributed by atoms with Crippen LogP contribution in [0.15, 0.2) is 22.1 Å². The van der Waals surface area contributed by atoms with Crippen LogP contribution in [-0.2, 0) is 16.0 Å². The number of fused-ring (bicyclic) bond motifs is 1. The number of carbonyl (C=O) groups is 1. The van der Waals surface area contributed by atoms with Gasteiger partial charge in [0.1, 0.15) is 11.5 Å². The Morgan fingerprint density at radius 1 is 1.48 bits per heavy atom. The molecule has 0 aliphatic rings. The second-order valence-electron chi connectivity index (χ2n) is 4.81. The third-order valence-electron chi connectivity index (χ3n) is 3.23. The number of thiazole rings is 1. The van der Waals surface area contributed by atoms with E-state index in [0.29, 0.717) is 6.61 Å². The van der Waals surface area contributed by atoms with Crippen molar-refractivity contribution < 1.29 is 13.9 Å². The van der Waals surface area contributed by atoms with Crippen LogP contribution in [-0.4, -0.2) is 22.0 Å². The van der Waals surface area contributed by atoms with E-state index in [1.807, 2.05) is 35.9 Å². The van der Waals surface area contributed by atoms with Crippen LogP contribution in [0.25, 0.3) is 16.2 Å². The van der Waals surface area contributed by atoms with Crippen molar-refractivity contribution in [2.75, 3.05) is 6.61 Å². The van der Waals surface area contributed by atoms with Gasteiger partial charge in [0, 0.05) is 22.8 Å². The average Bonchev–Trinajstić information content (AvgIpc) is 3.06. The van der Waals surface area contributed by atoms with Crippen molar-refractivity contribution in [3.05, 3.63) is 34.9 Å². The number of nitrogens with zero attached hydrogens (tertiary/aromatic N) is 2. The number of ether oxygens (including phenoxy) is 1. The van der Waals surface area contributed by atoms with Gasteiger partial charge >= 0.3 is 5.97 Å². The van der Waals surface area contributed by atoms with E-state index in [-0.39, 0.29) is 12.4 Å². The summed E-state index contributed by atoms with van der Waals surface area (Å²) >= 11 is 1.52. The maximum atomic E-state index is 11.6. The van der Waals surface area contributed by atoms with Gasteiger partial charge in [-0.2, -0.15) is 0 Å². The smallest absolute Gasteiger partial charge is 0.311 e. The molecule has 0 radical (unpaired) electrons. The molecule has 0 aliphatic carbocycles. The summed E-state index contributed by atoms with van der Waals surface area (Å²) in [7, 11) is 0. The topological polar surface area (TPSA) is 56.7 Å². The molecule has 3 aromatic heterocycles. The summed E-state index contributed by atoms with van der Waals surface area (Å²) in [4.78, 5) is 17.1. The zero-order valence-electron chi connectivity index (χ0n) is 12.2. The Kier molecular flexibility index (Phi) is 3.55. The molecular formula is C15H16N2O3S. The minimum absolute atomic E-state index is 0.220. The Balaban J connectivity index is 1.96. The van der Waals surface area contributed by atoms with E-state index in [9.17, 15) is 4.79 Å². The Hall–Kier alpha value is -2.08. The van der Waals surface area contributed by atoms with E-state index < -0.39 is 0 Å². The lowest BCUT2D eigenvalue weighted by atomic mass is 10.2. The number of aryl methyl sites for hydroxylation is 2. The van der Waals surface area contributed by atoms with Crippen molar-refractivity contribution in [1.82, 2.24) is 9.38 Å². The van der Waals surface area contributed by atoms with Gasteiger partial charge in [0.2, 0.25) is 0 Å². The molecule has 0 bridgehead atoms. The molecule has 0 aliphatic heterocycles. The molecule has 3 aromatic rings. The second-order valence-corrected chi connectivity index (χ2v) is 5.65. The Labute approximate surface area is 126 Å². The zero-order chi connectivity index (χ0) is 15.0. The number of furan rings is 1. The van der Waals surface area contributed by atoms with Gasteiger partial charge in [-0.1, -0.05) is 0 Å². The number of hydrogen-bond acceptors (Lipinski definition) is 5. The summed E-state index contributed by atoms with van der Waals surface area (Å²) in [6.07, 6.45) is 2.20. The van der Waals surface area contributed by atoms with Crippen LogP contribution in [0.4, 0.5) is 0 Å². The van der Waals surface area contributed by atoms with E-state index in [0.717, 1.165) is 33.4 Å². The molecule has 5 nitrogen and oxygen atoms in total. The second kappa shape index (κ2) is 5.37. The van der Waals surface area contributed by atoms with Crippen molar-refractivity contribution >= 4 is 22.3 Å². The van der Waals surface area contributed by atoms with Crippen LogP contribution in [0.5, 0.6) is 0 Å². The first-order valence-corrected chi connectivity index (χ1v) is 7.65. The predicted octanol–water partition coefficient (Wildman–Crippen LogP) is 3.38. The monoisotopic (exact) mass is 304 g/mol. The molecule has 3 rings (SSSR count). The summed E-state index contributed by atoms with van der Waals surface area (Å²) in [5, 5.41) is 1.94. The number of hydrogen-bond donors (Lipinski definition) is 0. The number of rotatable bonds is 4. The molecular weight excluding hydrogens is 288 g/mol. The molecule has 110 valence electrons. The third kappa shape index (κ3) is 2.58. The summed E-state index contributed by atoms with van der Waals surface area (Å²) < 4.78 is 12.5. The molecule has 0 amide bonds. The molecule has 6 heteroatoms. The predicted molar refractivity (Wildman–Crippen MR) is 80.6 cm³/mol. The fourth-order valence-corrected chi connectivity index (χ4v) is 3.20. The minimum Gasteiger partial charge on any atom is -0.466 e. The number of aromatic nitrogens is 2. The fraction of sp³-hybridized carbons (Fsp3) is 0.333. The van der Waals surface area contributed by atoms with Crippen molar-refractivity contribution in [2.24, 2.45) is 0 Å². The van der Waals surface area contributed by atoms with E-state index in [4.69, 9.17) is 9.15 Å². The summed E-state index contributed by atoms with van der Waals surface area (Å²) in [6, 6.07) is 1.98. The van der Waals surface area contributed by atoms with Crippen LogP contribution in [0.3, 0.4) is 0 Å². The van der Waals surface area contributed by atoms with Crippen molar-refractivity contribution in [3.8, 4) is 11.3 Å². The van der Waals surface area contributed by atoms with E-state index in [1.54, 1.807) is 6.92 Å². The minimum atomic E-state index is -0.220. The Morgan fingerprint density at radius 2 is 2.29 bits per heavy atom. The normalized spacial score (nSPS) is 11.2. The van der Waals surface area contributed by atoms with Crippen molar-refractivity contribution in [1.29, 1.82) is 0 Å². The molecule has 3 heterocycles. The van der Waals surface area contributed by atoms with Gasteiger partial charge < -0.3 is 9.15 Å². The largest absolute Gasteiger partial charge is 0.466 e. The van der Waals surface area contributed by atoms with Crippen molar-refractivity contribution in [3.63, 3.8) is 0 Å². The van der Waals surface area contributed by atoms with Gasteiger partial charge in [0.15, 0.2) is 4.96 Å². The van der Waals surface area contributed by atoms with E-state index in [2.05, 4.69) is 4.98 Å².